The van der Waals surface area contributed by atoms with Crippen molar-refractivity contribution >= 4 is 11.7 Å². The maximum Gasteiger partial charge on any atom is 0.321 e. The van der Waals surface area contributed by atoms with E-state index in [-0.39, 0.29) is 12.1 Å². The summed E-state index contributed by atoms with van der Waals surface area (Å²) in [6.07, 6.45) is 3.48. The number of anilines is 1. The molecule has 2 fully saturated rings. The van der Waals surface area contributed by atoms with Crippen molar-refractivity contribution in [2.75, 3.05) is 57.9 Å². The largest absolute Gasteiger partial charge is 0.486 e. The van der Waals surface area contributed by atoms with Gasteiger partial charge in [0, 0.05) is 38.0 Å². The molecule has 1 aromatic rings. The second-order valence-corrected chi connectivity index (χ2v) is 7.09. The molecule has 0 spiro atoms. The Morgan fingerprint density at radius 1 is 1.04 bits per heavy atom. The lowest BCUT2D eigenvalue weighted by molar-refractivity contribution is 0.0355. The van der Waals surface area contributed by atoms with Crippen molar-refractivity contribution < 1.29 is 19.0 Å². The molecule has 7 heteroatoms. The van der Waals surface area contributed by atoms with Gasteiger partial charge in [0.05, 0.1) is 6.10 Å². The number of rotatable bonds is 3. The first kappa shape index (κ1) is 17.4. The van der Waals surface area contributed by atoms with Crippen molar-refractivity contribution in [3.8, 4) is 11.5 Å². The number of urea groups is 1. The van der Waals surface area contributed by atoms with Crippen LogP contribution in [0.4, 0.5) is 10.5 Å². The van der Waals surface area contributed by atoms with Crippen molar-refractivity contribution in [1.82, 2.24) is 9.80 Å². The van der Waals surface area contributed by atoms with E-state index in [4.69, 9.17) is 14.2 Å². The first-order valence-electron chi connectivity index (χ1n) is 9.57. The molecule has 0 bridgehead atoms. The third kappa shape index (κ3) is 4.22. The molecule has 0 aliphatic carbocycles. The zero-order valence-corrected chi connectivity index (χ0v) is 15.1. The Kier molecular flexibility index (Phi) is 5.45. The number of nitrogens with one attached hydrogen (secondary N) is 1. The third-order valence-corrected chi connectivity index (χ3v) is 5.09. The van der Waals surface area contributed by atoms with Gasteiger partial charge in [-0.1, -0.05) is 0 Å². The second-order valence-electron chi connectivity index (χ2n) is 7.09. The van der Waals surface area contributed by atoms with Crippen LogP contribution in [0, 0.1) is 0 Å². The van der Waals surface area contributed by atoms with Crippen molar-refractivity contribution in [3.05, 3.63) is 18.2 Å². The molecular formula is C19H27N3O4. The minimum atomic E-state index is -0.0846. The minimum absolute atomic E-state index is 0.0846. The number of benzene rings is 1. The lowest BCUT2D eigenvalue weighted by Crippen LogP contribution is -2.43. The Morgan fingerprint density at radius 2 is 1.85 bits per heavy atom. The molecule has 7 nitrogen and oxygen atoms in total. The van der Waals surface area contributed by atoms with Crippen LogP contribution in [0.2, 0.25) is 0 Å². The van der Waals surface area contributed by atoms with Crippen LogP contribution >= 0.6 is 0 Å². The van der Waals surface area contributed by atoms with Gasteiger partial charge in [-0.05, 0) is 44.5 Å². The first-order chi connectivity index (χ1) is 12.8. The quantitative estimate of drug-likeness (QED) is 0.894. The van der Waals surface area contributed by atoms with Gasteiger partial charge in [0.25, 0.3) is 0 Å². The molecule has 1 N–H and O–H groups in total. The van der Waals surface area contributed by atoms with E-state index in [1.165, 1.54) is 12.8 Å². The number of hydrogen-bond donors (Lipinski definition) is 1. The standard InChI is InChI=1S/C19H27N3O4/c23-19(20-15-4-5-17-18(12-15)26-11-10-25-17)22-8-3-9-24-16(14-22)13-21-6-1-2-7-21/h4-5,12,16H,1-3,6-11,13-14H2,(H,20,23)/t16-/m0/s1. The Balaban J connectivity index is 1.36. The van der Waals surface area contributed by atoms with Crippen LogP contribution in [0.5, 0.6) is 11.5 Å². The Morgan fingerprint density at radius 3 is 2.69 bits per heavy atom. The molecule has 0 saturated carbocycles. The number of amides is 2. The van der Waals surface area contributed by atoms with Crippen molar-refractivity contribution in [1.29, 1.82) is 0 Å². The monoisotopic (exact) mass is 361 g/mol. The number of carbonyl (C=O) groups excluding carboxylic acids is 1. The Labute approximate surface area is 154 Å². The number of fused-ring (bicyclic) bond motifs is 1. The summed E-state index contributed by atoms with van der Waals surface area (Å²) in [7, 11) is 0. The summed E-state index contributed by atoms with van der Waals surface area (Å²) in [5.41, 5.74) is 0.723. The molecule has 2 saturated heterocycles. The zero-order chi connectivity index (χ0) is 17.8. The zero-order valence-electron chi connectivity index (χ0n) is 15.1. The Hall–Kier alpha value is -1.99. The normalized spacial score (nSPS) is 23.5. The van der Waals surface area contributed by atoms with Crippen LogP contribution < -0.4 is 14.8 Å². The van der Waals surface area contributed by atoms with E-state index in [0.717, 1.165) is 37.5 Å². The van der Waals surface area contributed by atoms with Gasteiger partial charge in [-0.15, -0.1) is 0 Å². The molecule has 0 unspecified atom stereocenters. The summed E-state index contributed by atoms with van der Waals surface area (Å²) < 4.78 is 17.1. The van der Waals surface area contributed by atoms with E-state index in [9.17, 15) is 4.79 Å². The van der Waals surface area contributed by atoms with E-state index in [2.05, 4.69) is 10.2 Å². The molecular weight excluding hydrogens is 334 g/mol. The highest BCUT2D eigenvalue weighted by Crippen LogP contribution is 2.32. The topological polar surface area (TPSA) is 63.3 Å². The molecule has 3 heterocycles. The second kappa shape index (κ2) is 8.14. The number of carbonyl (C=O) groups is 1. The van der Waals surface area contributed by atoms with Gasteiger partial charge in [-0.2, -0.15) is 0 Å². The average Bonchev–Trinajstić information content (AvgIpc) is 3.05. The third-order valence-electron chi connectivity index (χ3n) is 5.09. The van der Waals surface area contributed by atoms with Crippen LogP contribution in [0.25, 0.3) is 0 Å². The molecule has 4 rings (SSSR count). The smallest absolute Gasteiger partial charge is 0.321 e. The van der Waals surface area contributed by atoms with Crippen molar-refractivity contribution in [3.63, 3.8) is 0 Å². The lowest BCUT2D eigenvalue weighted by Gasteiger charge is -2.27. The van der Waals surface area contributed by atoms with Gasteiger partial charge in [-0.25, -0.2) is 4.79 Å². The van der Waals surface area contributed by atoms with Gasteiger partial charge in [0.15, 0.2) is 11.5 Å². The summed E-state index contributed by atoms with van der Waals surface area (Å²) in [5.74, 6) is 1.41. The summed E-state index contributed by atoms with van der Waals surface area (Å²) in [5, 5.41) is 2.99. The highest BCUT2D eigenvalue weighted by molar-refractivity contribution is 5.89. The van der Waals surface area contributed by atoms with Crippen molar-refractivity contribution in [2.45, 2.75) is 25.4 Å². The molecule has 3 aliphatic rings. The summed E-state index contributed by atoms with van der Waals surface area (Å²) in [6.45, 7) is 6.35. The van der Waals surface area contributed by atoms with Gasteiger partial charge in [0.2, 0.25) is 0 Å². The highest BCUT2D eigenvalue weighted by Gasteiger charge is 2.25. The molecule has 3 aliphatic heterocycles. The number of ether oxygens (including phenoxy) is 3. The molecule has 142 valence electrons. The van der Waals surface area contributed by atoms with Crippen LogP contribution in [0.1, 0.15) is 19.3 Å². The lowest BCUT2D eigenvalue weighted by atomic mass is 10.2. The molecule has 0 aromatic heterocycles. The van der Waals surface area contributed by atoms with Gasteiger partial charge in [0.1, 0.15) is 13.2 Å². The maximum atomic E-state index is 12.7. The fourth-order valence-corrected chi connectivity index (χ4v) is 3.77. The fourth-order valence-electron chi connectivity index (χ4n) is 3.77. The van der Waals surface area contributed by atoms with Crippen LogP contribution in [0.15, 0.2) is 18.2 Å². The van der Waals surface area contributed by atoms with Crippen molar-refractivity contribution in [2.24, 2.45) is 0 Å². The van der Waals surface area contributed by atoms with E-state index < -0.39 is 0 Å². The predicted molar refractivity (Wildman–Crippen MR) is 98.1 cm³/mol. The van der Waals surface area contributed by atoms with Gasteiger partial charge in [-0.3, -0.25) is 0 Å². The SMILES string of the molecule is O=C(Nc1ccc2c(c1)OCCO2)N1CCCO[C@@H](CN2CCCC2)C1. The number of nitrogens with zero attached hydrogens (tertiary/aromatic N) is 2. The van der Waals surface area contributed by atoms with Crippen LogP contribution in [-0.2, 0) is 4.74 Å². The van der Waals surface area contributed by atoms with Gasteiger partial charge < -0.3 is 29.3 Å². The predicted octanol–water partition coefficient (Wildman–Crippen LogP) is 2.18. The molecule has 1 atom stereocenters. The fraction of sp³-hybridized carbons (Fsp3) is 0.632. The summed E-state index contributed by atoms with van der Waals surface area (Å²) >= 11 is 0. The highest BCUT2D eigenvalue weighted by atomic mass is 16.6. The van der Waals surface area contributed by atoms with Crippen LogP contribution in [-0.4, -0.2) is 74.5 Å². The Bertz CT molecular complexity index is 633. The van der Waals surface area contributed by atoms with Crippen LogP contribution in [0.3, 0.4) is 0 Å². The summed E-state index contributed by atoms with van der Waals surface area (Å²) in [6, 6.07) is 5.42. The van der Waals surface area contributed by atoms with Gasteiger partial charge >= 0.3 is 6.03 Å². The number of likely N-dealkylation sites (tertiary alicyclic amines) is 1. The maximum absolute atomic E-state index is 12.7. The molecule has 26 heavy (non-hydrogen) atoms. The molecule has 1 aromatic carbocycles. The average molecular weight is 361 g/mol. The van der Waals surface area contributed by atoms with E-state index in [0.29, 0.717) is 38.7 Å². The molecule has 0 radical (unpaired) electrons. The van der Waals surface area contributed by atoms with E-state index in [1.54, 1.807) is 0 Å². The first-order valence-corrected chi connectivity index (χ1v) is 9.57. The van der Waals surface area contributed by atoms with E-state index >= 15 is 0 Å². The van der Waals surface area contributed by atoms with E-state index in [1.807, 2.05) is 23.1 Å². The minimum Gasteiger partial charge on any atom is -0.486 e. The molecule has 2 amide bonds. The summed E-state index contributed by atoms with van der Waals surface area (Å²) in [4.78, 5) is 17.0. The number of hydrogen-bond acceptors (Lipinski definition) is 5.